The van der Waals surface area contributed by atoms with Crippen molar-refractivity contribution in [3.63, 3.8) is 0 Å². The first-order valence-corrected chi connectivity index (χ1v) is 5.18. The lowest BCUT2D eigenvalue weighted by molar-refractivity contribution is 0.281. The topological polar surface area (TPSA) is 45.1 Å². The summed E-state index contributed by atoms with van der Waals surface area (Å²) in [7, 11) is 0. The number of aromatic nitrogens is 1. The van der Waals surface area contributed by atoms with Gasteiger partial charge in [0.1, 0.15) is 5.01 Å². The van der Waals surface area contributed by atoms with Crippen LogP contribution in [0.2, 0.25) is 0 Å². The molecule has 1 aromatic heterocycles. The third-order valence-electron chi connectivity index (χ3n) is 1.53. The van der Waals surface area contributed by atoms with Gasteiger partial charge in [-0.1, -0.05) is 0 Å². The largest absolute Gasteiger partial charge is 0.389 e. The van der Waals surface area contributed by atoms with Gasteiger partial charge >= 0.3 is 0 Å². The minimum Gasteiger partial charge on any atom is -0.389 e. The third kappa shape index (κ3) is 3.85. The van der Waals surface area contributed by atoms with E-state index in [9.17, 15) is 0 Å². The van der Waals surface area contributed by atoms with Crippen molar-refractivity contribution in [3.05, 3.63) is 16.1 Å². The fraction of sp³-hybridized carbons (Fsp3) is 0.667. The Hall–Kier alpha value is -0.450. The van der Waals surface area contributed by atoms with E-state index in [4.69, 9.17) is 5.11 Å². The van der Waals surface area contributed by atoms with Crippen molar-refractivity contribution in [2.24, 2.45) is 0 Å². The minimum atomic E-state index is 0.0418. The van der Waals surface area contributed by atoms with Crippen LogP contribution in [0.15, 0.2) is 5.38 Å². The van der Waals surface area contributed by atoms with Crippen LogP contribution < -0.4 is 5.32 Å². The molecule has 1 rings (SSSR count). The summed E-state index contributed by atoms with van der Waals surface area (Å²) in [5, 5.41) is 14.9. The van der Waals surface area contributed by atoms with E-state index in [2.05, 4.69) is 31.1 Å². The van der Waals surface area contributed by atoms with Crippen molar-refractivity contribution < 1.29 is 5.11 Å². The minimum absolute atomic E-state index is 0.0418. The molecule has 0 fully saturated rings. The molecule has 13 heavy (non-hydrogen) atoms. The third-order valence-corrected chi connectivity index (χ3v) is 2.42. The summed E-state index contributed by atoms with van der Waals surface area (Å²) in [5.74, 6) is 0. The van der Waals surface area contributed by atoms with Gasteiger partial charge in [0.2, 0.25) is 0 Å². The van der Waals surface area contributed by atoms with Crippen LogP contribution in [0.3, 0.4) is 0 Å². The molecule has 0 bridgehead atoms. The van der Waals surface area contributed by atoms with Crippen LogP contribution in [0.5, 0.6) is 0 Å². The van der Waals surface area contributed by atoms with Crippen LogP contribution in [0.4, 0.5) is 0 Å². The highest BCUT2D eigenvalue weighted by atomic mass is 32.1. The molecular formula is C9H16N2OS. The molecule has 0 aliphatic rings. The number of aliphatic hydroxyl groups excluding tert-OH is 1. The fourth-order valence-electron chi connectivity index (χ4n) is 0.858. The number of nitrogens with zero attached hydrogens (tertiary/aromatic N) is 1. The van der Waals surface area contributed by atoms with Gasteiger partial charge in [-0.3, -0.25) is 0 Å². The second kappa shape index (κ2) is 4.17. The quantitative estimate of drug-likeness (QED) is 0.777. The molecular weight excluding hydrogens is 184 g/mol. The molecule has 0 spiro atoms. The van der Waals surface area contributed by atoms with Gasteiger partial charge in [0, 0.05) is 17.5 Å². The normalized spacial score (nSPS) is 12.0. The first-order valence-electron chi connectivity index (χ1n) is 4.30. The molecule has 2 N–H and O–H groups in total. The Morgan fingerprint density at radius 2 is 2.23 bits per heavy atom. The first-order chi connectivity index (χ1) is 6.01. The van der Waals surface area contributed by atoms with Crippen LogP contribution in [0, 0.1) is 0 Å². The van der Waals surface area contributed by atoms with Crippen LogP contribution in [-0.2, 0) is 13.2 Å². The highest BCUT2D eigenvalue weighted by Crippen LogP contribution is 2.10. The molecule has 0 saturated heterocycles. The van der Waals surface area contributed by atoms with Gasteiger partial charge in [-0.05, 0) is 20.8 Å². The van der Waals surface area contributed by atoms with Gasteiger partial charge in [0.05, 0.1) is 12.3 Å². The van der Waals surface area contributed by atoms with E-state index in [-0.39, 0.29) is 12.1 Å². The Balaban J connectivity index is 2.46. The van der Waals surface area contributed by atoms with Crippen molar-refractivity contribution in [2.45, 2.75) is 39.5 Å². The second-order valence-electron chi connectivity index (χ2n) is 3.99. The molecule has 0 atom stereocenters. The SMILES string of the molecule is CC(C)(C)NCc1csc(CO)n1. The predicted octanol–water partition coefficient (Wildman–Crippen LogP) is 1.52. The molecule has 74 valence electrons. The summed E-state index contributed by atoms with van der Waals surface area (Å²) in [6.07, 6.45) is 0. The van der Waals surface area contributed by atoms with Crippen LogP contribution in [0.1, 0.15) is 31.5 Å². The summed E-state index contributed by atoms with van der Waals surface area (Å²) < 4.78 is 0. The van der Waals surface area contributed by atoms with Gasteiger partial charge < -0.3 is 10.4 Å². The molecule has 1 aromatic rings. The Morgan fingerprint density at radius 1 is 1.54 bits per heavy atom. The monoisotopic (exact) mass is 200 g/mol. The summed E-state index contributed by atoms with van der Waals surface area (Å²) in [4.78, 5) is 4.24. The number of rotatable bonds is 3. The Morgan fingerprint density at radius 3 is 2.69 bits per heavy atom. The Bertz CT molecular complexity index is 265. The average molecular weight is 200 g/mol. The Labute approximate surface area is 82.8 Å². The van der Waals surface area contributed by atoms with Gasteiger partial charge in [-0.15, -0.1) is 11.3 Å². The smallest absolute Gasteiger partial charge is 0.118 e. The van der Waals surface area contributed by atoms with Crippen molar-refractivity contribution in [1.29, 1.82) is 0 Å². The molecule has 1 heterocycles. The van der Waals surface area contributed by atoms with Crippen molar-refractivity contribution in [2.75, 3.05) is 0 Å². The van der Waals surface area contributed by atoms with E-state index in [1.165, 1.54) is 11.3 Å². The average Bonchev–Trinajstić information content (AvgIpc) is 2.47. The van der Waals surface area contributed by atoms with Crippen molar-refractivity contribution in [1.82, 2.24) is 10.3 Å². The van der Waals surface area contributed by atoms with Gasteiger partial charge in [-0.2, -0.15) is 0 Å². The van der Waals surface area contributed by atoms with Crippen LogP contribution >= 0.6 is 11.3 Å². The maximum absolute atomic E-state index is 8.81. The van der Waals surface area contributed by atoms with Gasteiger partial charge in [-0.25, -0.2) is 4.98 Å². The maximum atomic E-state index is 8.81. The lowest BCUT2D eigenvalue weighted by Gasteiger charge is -2.19. The molecule has 4 heteroatoms. The van der Waals surface area contributed by atoms with Crippen molar-refractivity contribution in [3.8, 4) is 0 Å². The highest BCUT2D eigenvalue weighted by molar-refractivity contribution is 7.09. The number of nitrogens with one attached hydrogen (secondary N) is 1. The molecule has 0 aromatic carbocycles. The molecule has 0 saturated carbocycles. The van der Waals surface area contributed by atoms with Crippen LogP contribution in [-0.4, -0.2) is 15.6 Å². The summed E-state index contributed by atoms with van der Waals surface area (Å²) in [5.41, 5.74) is 1.12. The number of hydrogen-bond donors (Lipinski definition) is 2. The number of hydrogen-bond acceptors (Lipinski definition) is 4. The molecule has 0 amide bonds. The van der Waals surface area contributed by atoms with E-state index in [0.29, 0.717) is 0 Å². The number of thiazole rings is 1. The molecule has 0 radical (unpaired) electrons. The molecule has 0 aliphatic heterocycles. The zero-order valence-corrected chi connectivity index (χ0v) is 9.11. The van der Waals surface area contributed by atoms with Gasteiger partial charge in [0.25, 0.3) is 0 Å². The van der Waals surface area contributed by atoms with E-state index in [1.807, 2.05) is 5.38 Å². The van der Waals surface area contributed by atoms with Crippen LogP contribution in [0.25, 0.3) is 0 Å². The Kier molecular flexibility index (Phi) is 3.41. The summed E-state index contributed by atoms with van der Waals surface area (Å²) >= 11 is 1.50. The molecule has 0 unspecified atom stereocenters. The fourth-order valence-corrected chi connectivity index (χ4v) is 1.51. The predicted molar refractivity (Wildman–Crippen MR) is 54.6 cm³/mol. The zero-order valence-electron chi connectivity index (χ0n) is 8.29. The zero-order chi connectivity index (χ0) is 9.90. The standard InChI is InChI=1S/C9H16N2OS/c1-9(2,3)10-4-7-6-13-8(5-12)11-7/h6,10,12H,4-5H2,1-3H3. The number of aliphatic hydroxyl groups is 1. The van der Waals surface area contributed by atoms with Crippen molar-refractivity contribution >= 4 is 11.3 Å². The van der Waals surface area contributed by atoms with E-state index >= 15 is 0 Å². The van der Waals surface area contributed by atoms with E-state index < -0.39 is 0 Å². The molecule has 0 aliphatic carbocycles. The van der Waals surface area contributed by atoms with E-state index in [0.717, 1.165) is 17.2 Å². The lowest BCUT2D eigenvalue weighted by Crippen LogP contribution is -2.35. The molecule has 3 nitrogen and oxygen atoms in total. The first kappa shape index (κ1) is 10.6. The summed E-state index contributed by atoms with van der Waals surface area (Å²) in [6.45, 7) is 7.16. The lowest BCUT2D eigenvalue weighted by atomic mass is 10.1. The maximum Gasteiger partial charge on any atom is 0.118 e. The van der Waals surface area contributed by atoms with Gasteiger partial charge in [0.15, 0.2) is 0 Å². The second-order valence-corrected chi connectivity index (χ2v) is 4.94. The highest BCUT2D eigenvalue weighted by Gasteiger charge is 2.09. The van der Waals surface area contributed by atoms with E-state index in [1.54, 1.807) is 0 Å². The summed E-state index contributed by atoms with van der Waals surface area (Å²) in [6, 6.07) is 0.